The van der Waals surface area contributed by atoms with E-state index >= 15 is 0 Å². The molecule has 0 atom stereocenters. The fourth-order valence-corrected chi connectivity index (χ4v) is 6.77. The standard InChI is InChI=1S/C29H37N7O7S2/c1-6-25(37)34-44(40,41)24-12-10-11-23(17-24)32-29-30-18-20(5)28(33-29)31-22-15-13-21(14-16-22)19-36(27(39)8-3)45(42,43)35(9-4)26(38)7-2/h10-18H,6-9,19H2,1-5H3,(H,34,37)(H2,30,31,32,33). The summed E-state index contributed by atoms with van der Waals surface area (Å²) >= 11 is 0. The molecule has 3 amide bonds. The number of aryl methyl sites for hydroxylation is 1. The smallest absolute Gasteiger partial charge is 0.331 e. The normalized spacial score (nSPS) is 11.4. The Morgan fingerprint density at radius 1 is 0.800 bits per heavy atom. The minimum absolute atomic E-state index is 0.0185. The van der Waals surface area contributed by atoms with Gasteiger partial charge in [0.25, 0.3) is 10.0 Å². The van der Waals surface area contributed by atoms with Gasteiger partial charge in [0.05, 0.1) is 11.4 Å². The summed E-state index contributed by atoms with van der Waals surface area (Å²) in [6.45, 7) is 7.63. The van der Waals surface area contributed by atoms with Crippen LogP contribution >= 0.6 is 0 Å². The molecular weight excluding hydrogens is 622 g/mol. The summed E-state index contributed by atoms with van der Waals surface area (Å²) in [7, 11) is -8.41. The lowest BCUT2D eigenvalue weighted by Gasteiger charge is -2.29. The molecular formula is C29H37N7O7S2. The predicted molar refractivity (Wildman–Crippen MR) is 169 cm³/mol. The van der Waals surface area contributed by atoms with Gasteiger partial charge in [-0.25, -0.2) is 26.7 Å². The van der Waals surface area contributed by atoms with Crippen LogP contribution in [0.2, 0.25) is 0 Å². The molecule has 0 aliphatic rings. The Bertz CT molecular complexity index is 1760. The highest BCUT2D eigenvalue weighted by molar-refractivity contribution is 7.90. The van der Waals surface area contributed by atoms with Crippen molar-refractivity contribution in [3.05, 3.63) is 65.9 Å². The molecule has 14 nitrogen and oxygen atoms in total. The summed E-state index contributed by atoms with van der Waals surface area (Å²) in [6, 6.07) is 12.6. The fraction of sp³-hybridized carbons (Fsp3) is 0.345. The zero-order chi connectivity index (χ0) is 33.4. The maximum absolute atomic E-state index is 13.2. The Labute approximate surface area is 263 Å². The number of carbonyl (C=O) groups excluding carboxylic acids is 3. The van der Waals surface area contributed by atoms with E-state index in [4.69, 9.17) is 0 Å². The summed E-state index contributed by atoms with van der Waals surface area (Å²) in [5, 5.41) is 6.13. The SMILES string of the molecule is CCC(=O)NS(=O)(=O)c1cccc(Nc2ncc(C)c(Nc3ccc(CN(C(=O)CC)S(=O)(=O)N(CC)C(=O)CC)cc3)n2)c1. The van der Waals surface area contributed by atoms with Gasteiger partial charge in [0, 0.05) is 48.9 Å². The van der Waals surface area contributed by atoms with Gasteiger partial charge in [-0.3, -0.25) is 14.4 Å². The van der Waals surface area contributed by atoms with Crippen molar-refractivity contribution in [1.29, 1.82) is 0 Å². The molecule has 3 aromatic rings. The molecule has 0 fully saturated rings. The van der Waals surface area contributed by atoms with Crippen molar-refractivity contribution in [2.45, 2.75) is 65.3 Å². The molecule has 1 aromatic heterocycles. The Balaban J connectivity index is 1.79. The third-order valence-corrected chi connectivity index (χ3v) is 9.77. The maximum Gasteiger partial charge on any atom is 0.331 e. The Morgan fingerprint density at radius 2 is 1.44 bits per heavy atom. The van der Waals surface area contributed by atoms with Gasteiger partial charge in [0.15, 0.2) is 0 Å². The van der Waals surface area contributed by atoms with Gasteiger partial charge in [-0.05, 0) is 49.7 Å². The van der Waals surface area contributed by atoms with Crippen molar-refractivity contribution in [2.24, 2.45) is 0 Å². The third kappa shape index (κ3) is 8.76. The van der Waals surface area contributed by atoms with Gasteiger partial charge < -0.3 is 10.6 Å². The molecule has 0 bridgehead atoms. The van der Waals surface area contributed by atoms with E-state index in [0.717, 1.165) is 4.31 Å². The summed E-state index contributed by atoms with van der Waals surface area (Å²) in [6.07, 6.45) is 1.51. The highest BCUT2D eigenvalue weighted by atomic mass is 32.2. The molecule has 242 valence electrons. The number of sulfonamides is 1. The zero-order valence-corrected chi connectivity index (χ0v) is 27.3. The van der Waals surface area contributed by atoms with E-state index in [-0.39, 0.29) is 43.2 Å². The first-order valence-electron chi connectivity index (χ1n) is 14.2. The first-order chi connectivity index (χ1) is 21.2. The zero-order valence-electron chi connectivity index (χ0n) is 25.7. The summed E-state index contributed by atoms with van der Waals surface area (Å²) < 4.78 is 54.9. The van der Waals surface area contributed by atoms with Crippen LogP contribution in [0.4, 0.5) is 23.1 Å². The lowest BCUT2D eigenvalue weighted by Crippen LogP contribution is -2.48. The van der Waals surface area contributed by atoms with E-state index in [1.54, 1.807) is 64.2 Å². The van der Waals surface area contributed by atoms with Gasteiger partial charge in [0.2, 0.25) is 23.7 Å². The predicted octanol–water partition coefficient (Wildman–Crippen LogP) is 3.73. The summed E-state index contributed by atoms with van der Waals surface area (Å²) in [4.78, 5) is 45.2. The van der Waals surface area contributed by atoms with Crippen molar-refractivity contribution < 1.29 is 31.2 Å². The van der Waals surface area contributed by atoms with Crippen LogP contribution in [-0.2, 0) is 41.2 Å². The van der Waals surface area contributed by atoms with Gasteiger partial charge in [-0.15, -0.1) is 0 Å². The number of amides is 3. The van der Waals surface area contributed by atoms with Crippen LogP contribution in [0.15, 0.2) is 59.6 Å². The van der Waals surface area contributed by atoms with E-state index in [2.05, 4.69) is 20.6 Å². The van der Waals surface area contributed by atoms with E-state index in [9.17, 15) is 31.2 Å². The first-order valence-corrected chi connectivity index (χ1v) is 17.1. The minimum atomic E-state index is -4.37. The average Bonchev–Trinajstić information content (AvgIpc) is 3.01. The number of aromatic nitrogens is 2. The molecule has 1 heterocycles. The molecule has 0 unspecified atom stereocenters. The molecule has 0 radical (unpaired) electrons. The summed E-state index contributed by atoms with van der Waals surface area (Å²) in [5.74, 6) is -1.24. The first kappa shape index (κ1) is 34.9. The van der Waals surface area contributed by atoms with E-state index < -0.39 is 38.0 Å². The van der Waals surface area contributed by atoms with E-state index in [0.29, 0.717) is 32.6 Å². The van der Waals surface area contributed by atoms with Gasteiger partial charge in [-0.1, -0.05) is 39.0 Å². The second kappa shape index (κ2) is 14.9. The lowest BCUT2D eigenvalue weighted by molar-refractivity contribution is -0.128. The van der Waals surface area contributed by atoms with Crippen molar-refractivity contribution in [3.8, 4) is 0 Å². The molecule has 3 rings (SSSR count). The van der Waals surface area contributed by atoms with E-state index in [1.165, 1.54) is 25.1 Å². The van der Waals surface area contributed by atoms with Crippen LogP contribution in [0.5, 0.6) is 0 Å². The van der Waals surface area contributed by atoms with Crippen LogP contribution < -0.4 is 15.4 Å². The second-order valence-electron chi connectivity index (χ2n) is 9.76. The number of benzene rings is 2. The molecule has 0 spiro atoms. The number of hydrogen-bond donors (Lipinski definition) is 3. The average molecular weight is 660 g/mol. The van der Waals surface area contributed by atoms with Crippen LogP contribution in [0.3, 0.4) is 0 Å². The number of hydrogen-bond acceptors (Lipinski definition) is 11. The van der Waals surface area contributed by atoms with Gasteiger partial charge in [0.1, 0.15) is 5.82 Å². The van der Waals surface area contributed by atoms with Crippen molar-refractivity contribution >= 4 is 61.1 Å². The lowest BCUT2D eigenvalue weighted by atomic mass is 10.2. The van der Waals surface area contributed by atoms with E-state index in [1.807, 2.05) is 4.72 Å². The molecule has 2 aromatic carbocycles. The number of nitrogens with zero attached hydrogens (tertiary/aromatic N) is 4. The van der Waals surface area contributed by atoms with Crippen molar-refractivity contribution in [3.63, 3.8) is 0 Å². The molecule has 16 heteroatoms. The Kier molecular flexibility index (Phi) is 11.6. The number of anilines is 4. The largest absolute Gasteiger partial charge is 0.340 e. The quantitative estimate of drug-likeness (QED) is 0.229. The van der Waals surface area contributed by atoms with Crippen molar-refractivity contribution in [2.75, 3.05) is 17.2 Å². The number of rotatable bonds is 14. The van der Waals surface area contributed by atoms with Gasteiger partial charge in [-0.2, -0.15) is 13.4 Å². The number of carbonyl (C=O) groups is 3. The van der Waals surface area contributed by atoms with Gasteiger partial charge >= 0.3 is 10.2 Å². The molecule has 0 saturated heterocycles. The highest BCUT2D eigenvalue weighted by Gasteiger charge is 2.34. The summed E-state index contributed by atoms with van der Waals surface area (Å²) in [5.41, 5.74) is 2.22. The maximum atomic E-state index is 13.2. The van der Waals surface area contributed by atoms with Crippen molar-refractivity contribution in [1.82, 2.24) is 23.3 Å². The minimum Gasteiger partial charge on any atom is -0.340 e. The molecule has 0 aliphatic carbocycles. The third-order valence-electron chi connectivity index (χ3n) is 6.49. The fourth-order valence-electron chi connectivity index (χ4n) is 4.01. The molecule has 45 heavy (non-hydrogen) atoms. The molecule has 0 saturated carbocycles. The second-order valence-corrected chi connectivity index (χ2v) is 13.2. The van der Waals surface area contributed by atoms with Crippen LogP contribution in [0, 0.1) is 6.92 Å². The topological polar surface area (TPSA) is 188 Å². The van der Waals surface area contributed by atoms with Crippen LogP contribution in [-0.4, -0.2) is 59.7 Å². The monoisotopic (exact) mass is 659 g/mol. The van der Waals surface area contributed by atoms with Crippen LogP contribution in [0.25, 0.3) is 0 Å². The Morgan fingerprint density at radius 3 is 2.04 bits per heavy atom. The highest BCUT2D eigenvalue weighted by Crippen LogP contribution is 2.24. The number of nitrogens with one attached hydrogen (secondary N) is 3. The Hall–Kier alpha value is -4.57. The molecule has 0 aliphatic heterocycles. The molecule has 3 N–H and O–H groups in total. The van der Waals surface area contributed by atoms with Crippen LogP contribution in [0.1, 0.15) is 58.1 Å².